The summed E-state index contributed by atoms with van der Waals surface area (Å²) in [5.74, 6) is 1.93. The maximum atomic E-state index is 12.0. The van der Waals surface area contributed by atoms with E-state index in [4.69, 9.17) is 14.2 Å². The first-order valence-electron chi connectivity index (χ1n) is 10.9. The van der Waals surface area contributed by atoms with E-state index in [2.05, 4.69) is 43.4 Å². The molecule has 3 aromatic carbocycles. The molecule has 1 N–H and O–H groups in total. The number of hydrogen-bond acceptors (Lipinski definition) is 5. The summed E-state index contributed by atoms with van der Waals surface area (Å²) in [5, 5.41) is 4.01. The van der Waals surface area contributed by atoms with Gasteiger partial charge in [-0.1, -0.05) is 55.8 Å². The number of nitrogens with one attached hydrogen (secondary N) is 1. The highest BCUT2D eigenvalue weighted by Gasteiger charge is 2.07. The van der Waals surface area contributed by atoms with Gasteiger partial charge in [0.1, 0.15) is 12.4 Å². The van der Waals surface area contributed by atoms with Gasteiger partial charge in [-0.15, -0.1) is 0 Å². The summed E-state index contributed by atoms with van der Waals surface area (Å²) in [6, 6.07) is 21.4. The number of methoxy groups -OCH3 is 1. The minimum absolute atomic E-state index is 0.117. The quantitative estimate of drug-likeness (QED) is 0.342. The fourth-order valence-corrected chi connectivity index (χ4v) is 3.05. The largest absolute Gasteiger partial charge is 0.493 e. The first-order valence-corrected chi connectivity index (χ1v) is 10.9. The third-order valence-electron chi connectivity index (χ3n) is 5.00. The van der Waals surface area contributed by atoms with Crippen molar-refractivity contribution in [1.29, 1.82) is 0 Å². The molecule has 0 bridgehead atoms. The maximum absolute atomic E-state index is 12.0. The van der Waals surface area contributed by atoms with Crippen LogP contribution in [0, 0.1) is 6.92 Å². The molecule has 0 heterocycles. The van der Waals surface area contributed by atoms with Crippen LogP contribution in [-0.2, 0) is 11.4 Å². The van der Waals surface area contributed by atoms with Crippen molar-refractivity contribution in [3.8, 4) is 17.2 Å². The standard InChI is InChI=1S/C27H30N2O4/c1-19(2)23-6-5-7-24(15-23)32-18-27(30)29-28-16-22-12-13-25(26(14-22)31-4)33-17-21-10-8-20(3)9-11-21/h5-16,19H,17-18H2,1-4H3,(H,29,30)/b28-16+. The molecule has 172 valence electrons. The first kappa shape index (κ1) is 23.9. The van der Waals surface area contributed by atoms with Crippen molar-refractivity contribution in [3.05, 3.63) is 89.0 Å². The number of rotatable bonds is 10. The van der Waals surface area contributed by atoms with E-state index in [-0.39, 0.29) is 12.5 Å². The van der Waals surface area contributed by atoms with Gasteiger partial charge < -0.3 is 14.2 Å². The molecular formula is C27H30N2O4. The Bertz CT molecular complexity index is 1090. The molecule has 0 aliphatic heterocycles. The molecule has 0 aromatic heterocycles. The van der Waals surface area contributed by atoms with Crippen LogP contribution < -0.4 is 19.6 Å². The number of benzene rings is 3. The van der Waals surface area contributed by atoms with Crippen molar-refractivity contribution in [1.82, 2.24) is 5.43 Å². The van der Waals surface area contributed by atoms with Gasteiger partial charge in [0.25, 0.3) is 5.91 Å². The molecule has 0 fully saturated rings. The summed E-state index contributed by atoms with van der Waals surface area (Å²) < 4.78 is 16.9. The normalized spacial score (nSPS) is 10.9. The van der Waals surface area contributed by atoms with E-state index >= 15 is 0 Å². The molecule has 3 aromatic rings. The zero-order chi connectivity index (χ0) is 23.6. The van der Waals surface area contributed by atoms with Crippen molar-refractivity contribution >= 4 is 12.1 Å². The number of carbonyl (C=O) groups is 1. The second kappa shape index (κ2) is 11.7. The summed E-state index contributed by atoms with van der Waals surface area (Å²) in [7, 11) is 1.59. The van der Waals surface area contributed by atoms with Gasteiger partial charge in [0.05, 0.1) is 13.3 Å². The van der Waals surface area contributed by atoms with Gasteiger partial charge in [-0.25, -0.2) is 5.43 Å². The van der Waals surface area contributed by atoms with E-state index in [1.165, 1.54) is 5.56 Å². The molecule has 33 heavy (non-hydrogen) atoms. The topological polar surface area (TPSA) is 69.2 Å². The van der Waals surface area contributed by atoms with Crippen LogP contribution in [0.1, 0.15) is 42.0 Å². The van der Waals surface area contributed by atoms with Crippen LogP contribution >= 0.6 is 0 Å². The summed E-state index contributed by atoms with van der Waals surface area (Å²) in [5.41, 5.74) is 6.68. The van der Waals surface area contributed by atoms with Crippen molar-refractivity contribution in [3.63, 3.8) is 0 Å². The number of amides is 1. The van der Waals surface area contributed by atoms with Crippen molar-refractivity contribution < 1.29 is 19.0 Å². The van der Waals surface area contributed by atoms with Gasteiger partial charge in [-0.3, -0.25) is 4.79 Å². The van der Waals surface area contributed by atoms with E-state index in [9.17, 15) is 4.79 Å². The van der Waals surface area contributed by atoms with E-state index < -0.39 is 0 Å². The van der Waals surface area contributed by atoms with Gasteiger partial charge in [0, 0.05) is 0 Å². The molecule has 0 saturated heterocycles. The Kier molecular flexibility index (Phi) is 8.47. The van der Waals surface area contributed by atoms with Crippen molar-refractivity contribution in [2.75, 3.05) is 13.7 Å². The Morgan fingerprint density at radius 2 is 1.79 bits per heavy atom. The fraction of sp³-hybridized carbons (Fsp3) is 0.259. The zero-order valence-electron chi connectivity index (χ0n) is 19.5. The van der Waals surface area contributed by atoms with Crippen LogP contribution in [-0.4, -0.2) is 25.8 Å². The Labute approximate surface area is 195 Å². The van der Waals surface area contributed by atoms with E-state index in [1.807, 2.05) is 48.5 Å². The molecule has 0 atom stereocenters. The summed E-state index contributed by atoms with van der Waals surface area (Å²) in [4.78, 5) is 12.0. The van der Waals surface area contributed by atoms with Crippen LogP contribution in [0.25, 0.3) is 0 Å². The Morgan fingerprint density at radius 3 is 2.52 bits per heavy atom. The van der Waals surface area contributed by atoms with E-state index in [0.29, 0.717) is 29.8 Å². The molecule has 6 nitrogen and oxygen atoms in total. The minimum atomic E-state index is -0.341. The number of aryl methyl sites for hydroxylation is 1. The molecular weight excluding hydrogens is 416 g/mol. The number of hydrogen-bond donors (Lipinski definition) is 1. The Morgan fingerprint density at radius 1 is 1.00 bits per heavy atom. The molecule has 6 heteroatoms. The average Bonchev–Trinajstić information content (AvgIpc) is 2.83. The van der Waals surface area contributed by atoms with Crippen LogP contribution in [0.5, 0.6) is 17.2 Å². The van der Waals surface area contributed by atoms with Crippen molar-refractivity contribution in [2.45, 2.75) is 33.3 Å². The lowest BCUT2D eigenvalue weighted by Crippen LogP contribution is -2.24. The highest BCUT2D eigenvalue weighted by molar-refractivity contribution is 5.83. The summed E-state index contributed by atoms with van der Waals surface area (Å²) >= 11 is 0. The van der Waals surface area contributed by atoms with Crippen LogP contribution in [0.2, 0.25) is 0 Å². The highest BCUT2D eigenvalue weighted by atomic mass is 16.5. The van der Waals surface area contributed by atoms with Crippen molar-refractivity contribution in [2.24, 2.45) is 5.10 Å². The number of nitrogens with zero attached hydrogens (tertiary/aromatic N) is 1. The smallest absolute Gasteiger partial charge is 0.277 e. The molecule has 3 rings (SSSR count). The van der Waals surface area contributed by atoms with Crippen LogP contribution in [0.3, 0.4) is 0 Å². The summed E-state index contributed by atoms with van der Waals surface area (Å²) in [6.45, 7) is 6.60. The summed E-state index contributed by atoms with van der Waals surface area (Å²) in [6.07, 6.45) is 1.55. The maximum Gasteiger partial charge on any atom is 0.277 e. The first-order chi connectivity index (χ1) is 15.9. The molecule has 1 amide bonds. The second-order valence-corrected chi connectivity index (χ2v) is 7.99. The monoisotopic (exact) mass is 446 g/mol. The lowest BCUT2D eigenvalue weighted by molar-refractivity contribution is -0.123. The van der Waals surface area contributed by atoms with Crippen LogP contribution in [0.4, 0.5) is 0 Å². The number of hydrazone groups is 1. The lowest BCUT2D eigenvalue weighted by Gasteiger charge is -2.11. The molecule has 0 saturated carbocycles. The minimum Gasteiger partial charge on any atom is -0.493 e. The fourth-order valence-electron chi connectivity index (χ4n) is 3.05. The third kappa shape index (κ3) is 7.38. The molecule has 0 spiro atoms. The highest BCUT2D eigenvalue weighted by Crippen LogP contribution is 2.28. The number of carbonyl (C=O) groups excluding carboxylic acids is 1. The predicted molar refractivity (Wildman–Crippen MR) is 130 cm³/mol. The van der Waals surface area contributed by atoms with Gasteiger partial charge in [-0.2, -0.15) is 5.10 Å². The van der Waals surface area contributed by atoms with Gasteiger partial charge in [-0.05, 0) is 59.9 Å². The zero-order valence-corrected chi connectivity index (χ0v) is 19.5. The van der Waals surface area contributed by atoms with E-state index in [1.54, 1.807) is 19.4 Å². The SMILES string of the molecule is COc1cc(/C=N/NC(=O)COc2cccc(C(C)C)c2)ccc1OCc1ccc(C)cc1. The average molecular weight is 447 g/mol. The molecule has 0 unspecified atom stereocenters. The van der Waals surface area contributed by atoms with Gasteiger partial charge in [0.2, 0.25) is 0 Å². The Balaban J connectivity index is 1.51. The molecule has 0 radical (unpaired) electrons. The van der Waals surface area contributed by atoms with Gasteiger partial charge >= 0.3 is 0 Å². The second-order valence-electron chi connectivity index (χ2n) is 7.99. The predicted octanol–water partition coefficient (Wildman–Crippen LogP) is 5.24. The van der Waals surface area contributed by atoms with E-state index in [0.717, 1.165) is 16.7 Å². The third-order valence-corrected chi connectivity index (χ3v) is 5.00. The van der Waals surface area contributed by atoms with Crippen LogP contribution in [0.15, 0.2) is 71.8 Å². The molecule has 0 aliphatic rings. The Hall–Kier alpha value is -3.80. The van der Waals surface area contributed by atoms with Gasteiger partial charge in [0.15, 0.2) is 18.1 Å². The number of ether oxygens (including phenoxy) is 3. The molecule has 0 aliphatic carbocycles. The lowest BCUT2D eigenvalue weighted by atomic mass is 10.0.